The van der Waals surface area contributed by atoms with Crippen LogP contribution < -0.4 is 20.3 Å². The van der Waals surface area contributed by atoms with Gasteiger partial charge in [0.05, 0.1) is 13.2 Å². The number of para-hydroxylation sites is 1. The SMILES string of the molecule is O=C(Nc1ccccc1)N(CC1CCCC(NC(=O)C(F)(F)F)C1)c1cccc(OCCN2CCOCC2)c1. The van der Waals surface area contributed by atoms with Crippen molar-refractivity contribution in [2.45, 2.75) is 37.9 Å². The average Bonchev–Trinajstić information content (AvgIpc) is 2.93. The van der Waals surface area contributed by atoms with E-state index in [2.05, 4.69) is 15.5 Å². The minimum atomic E-state index is -4.92. The monoisotopic (exact) mass is 548 g/mol. The highest BCUT2D eigenvalue weighted by Crippen LogP contribution is 2.30. The minimum Gasteiger partial charge on any atom is -0.492 e. The summed E-state index contributed by atoms with van der Waals surface area (Å²) in [7, 11) is 0. The topological polar surface area (TPSA) is 83.1 Å². The lowest BCUT2D eigenvalue weighted by atomic mass is 9.85. The van der Waals surface area contributed by atoms with E-state index in [4.69, 9.17) is 9.47 Å². The van der Waals surface area contributed by atoms with Gasteiger partial charge in [0.25, 0.3) is 0 Å². The van der Waals surface area contributed by atoms with Gasteiger partial charge in [-0.25, -0.2) is 4.79 Å². The van der Waals surface area contributed by atoms with Gasteiger partial charge in [0.2, 0.25) is 0 Å². The summed E-state index contributed by atoms with van der Waals surface area (Å²) in [6.45, 7) is 4.69. The fourth-order valence-electron chi connectivity index (χ4n) is 4.99. The van der Waals surface area contributed by atoms with Gasteiger partial charge in [-0.15, -0.1) is 0 Å². The highest BCUT2D eigenvalue weighted by molar-refractivity contribution is 6.01. The fourth-order valence-corrected chi connectivity index (χ4v) is 4.99. The Morgan fingerprint density at radius 1 is 1.05 bits per heavy atom. The van der Waals surface area contributed by atoms with Crippen LogP contribution in [0.25, 0.3) is 0 Å². The molecular formula is C28H35F3N4O4. The lowest BCUT2D eigenvalue weighted by molar-refractivity contribution is -0.174. The normalized spacial score (nSPS) is 20.2. The first kappa shape index (κ1) is 28.7. The van der Waals surface area contributed by atoms with Crippen molar-refractivity contribution in [2.24, 2.45) is 5.92 Å². The van der Waals surface area contributed by atoms with Gasteiger partial charge in [0.15, 0.2) is 0 Å². The smallest absolute Gasteiger partial charge is 0.471 e. The molecule has 1 saturated carbocycles. The molecule has 2 aromatic rings. The van der Waals surface area contributed by atoms with Gasteiger partial charge in [-0.3, -0.25) is 14.6 Å². The molecule has 2 atom stereocenters. The van der Waals surface area contributed by atoms with E-state index in [1.54, 1.807) is 23.1 Å². The van der Waals surface area contributed by atoms with Crippen LogP contribution in [0.3, 0.4) is 0 Å². The van der Waals surface area contributed by atoms with Gasteiger partial charge in [0, 0.05) is 49.7 Å². The van der Waals surface area contributed by atoms with Crippen LogP contribution in [0.5, 0.6) is 5.75 Å². The molecule has 0 spiro atoms. The molecule has 1 aliphatic heterocycles. The Bertz CT molecular complexity index is 1080. The van der Waals surface area contributed by atoms with Crippen molar-refractivity contribution < 1.29 is 32.2 Å². The summed E-state index contributed by atoms with van der Waals surface area (Å²) in [5, 5.41) is 5.02. The van der Waals surface area contributed by atoms with Crippen molar-refractivity contribution in [1.29, 1.82) is 0 Å². The molecule has 2 unspecified atom stereocenters. The third kappa shape index (κ3) is 8.86. The number of hydrogen-bond donors (Lipinski definition) is 2. The van der Waals surface area contributed by atoms with Crippen molar-refractivity contribution >= 4 is 23.3 Å². The molecule has 39 heavy (non-hydrogen) atoms. The predicted molar refractivity (Wildman–Crippen MR) is 142 cm³/mol. The molecule has 1 aliphatic carbocycles. The van der Waals surface area contributed by atoms with E-state index < -0.39 is 18.1 Å². The second-order valence-corrected chi connectivity index (χ2v) is 9.91. The highest BCUT2D eigenvalue weighted by Gasteiger charge is 2.40. The number of nitrogens with zero attached hydrogens (tertiary/aromatic N) is 2. The molecule has 2 N–H and O–H groups in total. The Labute approximate surface area is 226 Å². The van der Waals surface area contributed by atoms with Gasteiger partial charge < -0.3 is 20.1 Å². The van der Waals surface area contributed by atoms with E-state index in [1.165, 1.54) is 0 Å². The number of nitrogens with one attached hydrogen (secondary N) is 2. The minimum absolute atomic E-state index is 0.0929. The zero-order chi connectivity index (χ0) is 27.7. The highest BCUT2D eigenvalue weighted by atomic mass is 19.4. The number of alkyl halides is 3. The first-order chi connectivity index (χ1) is 18.8. The molecule has 11 heteroatoms. The van der Waals surface area contributed by atoms with Gasteiger partial charge in [-0.1, -0.05) is 30.7 Å². The van der Waals surface area contributed by atoms with E-state index in [-0.39, 0.29) is 18.5 Å². The fraction of sp³-hybridized carbons (Fsp3) is 0.500. The molecule has 1 saturated heterocycles. The lowest BCUT2D eigenvalue weighted by Crippen LogP contribution is -2.47. The van der Waals surface area contributed by atoms with Crippen LogP contribution in [-0.2, 0) is 9.53 Å². The molecular weight excluding hydrogens is 513 g/mol. The summed E-state index contributed by atoms with van der Waals surface area (Å²) in [5.41, 5.74) is 1.25. The third-order valence-corrected chi connectivity index (χ3v) is 7.00. The van der Waals surface area contributed by atoms with Crippen LogP contribution in [0.15, 0.2) is 54.6 Å². The van der Waals surface area contributed by atoms with Crippen molar-refractivity contribution in [3.05, 3.63) is 54.6 Å². The molecule has 1 heterocycles. The Morgan fingerprint density at radius 2 is 1.82 bits per heavy atom. The summed E-state index contributed by atoms with van der Waals surface area (Å²) < 4.78 is 49.7. The summed E-state index contributed by atoms with van der Waals surface area (Å²) >= 11 is 0. The summed E-state index contributed by atoms with van der Waals surface area (Å²) in [6, 6.07) is 15.4. The van der Waals surface area contributed by atoms with E-state index in [9.17, 15) is 22.8 Å². The number of carbonyl (C=O) groups is 2. The quantitative estimate of drug-likeness (QED) is 0.476. The molecule has 0 bridgehead atoms. The second kappa shape index (κ2) is 13.7. The van der Waals surface area contributed by atoms with Crippen LogP contribution in [0.2, 0.25) is 0 Å². The van der Waals surface area contributed by atoms with E-state index in [0.29, 0.717) is 56.2 Å². The molecule has 8 nitrogen and oxygen atoms in total. The number of hydrogen-bond acceptors (Lipinski definition) is 5. The van der Waals surface area contributed by atoms with E-state index >= 15 is 0 Å². The van der Waals surface area contributed by atoms with Crippen molar-refractivity contribution in [3.8, 4) is 5.75 Å². The van der Waals surface area contributed by atoms with Crippen molar-refractivity contribution in [2.75, 3.05) is 56.2 Å². The molecule has 3 amide bonds. The zero-order valence-electron chi connectivity index (χ0n) is 21.8. The van der Waals surface area contributed by atoms with Gasteiger partial charge in [0.1, 0.15) is 12.4 Å². The molecule has 212 valence electrons. The first-order valence-corrected chi connectivity index (χ1v) is 13.3. The predicted octanol–water partition coefficient (Wildman–Crippen LogP) is 4.67. The van der Waals surface area contributed by atoms with Crippen LogP contribution in [-0.4, -0.2) is 75.1 Å². The van der Waals surface area contributed by atoms with Gasteiger partial charge in [-0.2, -0.15) is 13.2 Å². The summed E-state index contributed by atoms with van der Waals surface area (Å²) in [5.74, 6) is -1.39. The van der Waals surface area contributed by atoms with Crippen LogP contribution >= 0.6 is 0 Å². The third-order valence-electron chi connectivity index (χ3n) is 7.00. The molecule has 0 radical (unpaired) electrons. The largest absolute Gasteiger partial charge is 0.492 e. The number of benzene rings is 2. The number of anilines is 2. The second-order valence-electron chi connectivity index (χ2n) is 9.91. The number of rotatable bonds is 9. The number of ether oxygens (including phenoxy) is 2. The van der Waals surface area contributed by atoms with Gasteiger partial charge >= 0.3 is 18.1 Å². The number of amides is 3. The van der Waals surface area contributed by atoms with Crippen molar-refractivity contribution in [3.63, 3.8) is 0 Å². The van der Waals surface area contributed by atoms with Crippen LogP contribution in [0.4, 0.5) is 29.3 Å². The lowest BCUT2D eigenvalue weighted by Gasteiger charge is -2.34. The van der Waals surface area contributed by atoms with Crippen LogP contribution in [0, 0.1) is 5.92 Å². The molecule has 2 fully saturated rings. The van der Waals surface area contributed by atoms with Gasteiger partial charge in [-0.05, 0) is 49.4 Å². The Kier molecular flexibility index (Phi) is 10.0. The maximum atomic E-state index is 13.4. The maximum absolute atomic E-state index is 13.4. The van der Waals surface area contributed by atoms with E-state index in [0.717, 1.165) is 26.1 Å². The average molecular weight is 549 g/mol. The molecule has 2 aromatic carbocycles. The number of carbonyl (C=O) groups excluding carboxylic acids is 2. The van der Waals surface area contributed by atoms with Crippen molar-refractivity contribution in [1.82, 2.24) is 10.2 Å². The Balaban J connectivity index is 1.44. The molecule has 2 aliphatic rings. The number of urea groups is 1. The zero-order valence-corrected chi connectivity index (χ0v) is 21.8. The Hall–Kier alpha value is -3.31. The summed E-state index contributed by atoms with van der Waals surface area (Å²) in [6.07, 6.45) is -2.69. The maximum Gasteiger partial charge on any atom is 0.471 e. The standard InChI is InChI=1S/C28H35F3N4O4/c29-28(30,31)26(36)32-23-9-4-6-21(18-23)20-35(27(37)33-22-7-2-1-3-8-22)24-10-5-11-25(19-24)39-17-14-34-12-15-38-16-13-34/h1-3,5,7-8,10-11,19,21,23H,4,6,9,12-18,20H2,(H,32,36)(H,33,37). The Morgan fingerprint density at radius 3 is 2.56 bits per heavy atom. The first-order valence-electron chi connectivity index (χ1n) is 13.3. The number of halogens is 3. The van der Waals surface area contributed by atoms with E-state index in [1.807, 2.05) is 36.4 Å². The molecule has 4 rings (SSSR count). The number of morpholine rings is 1. The van der Waals surface area contributed by atoms with Crippen LogP contribution in [0.1, 0.15) is 25.7 Å². The summed E-state index contributed by atoms with van der Waals surface area (Å²) in [4.78, 5) is 28.8. The molecule has 0 aromatic heterocycles.